The molecule has 0 aromatic heterocycles. The first kappa shape index (κ1) is 25.4. The van der Waals surface area contributed by atoms with Crippen LogP contribution < -0.4 is 0 Å². The van der Waals surface area contributed by atoms with Crippen LogP contribution >= 0.6 is 11.6 Å². The van der Waals surface area contributed by atoms with Crippen molar-refractivity contribution in [2.45, 2.75) is 62.7 Å². The van der Waals surface area contributed by atoms with Gasteiger partial charge >= 0.3 is 5.97 Å². The van der Waals surface area contributed by atoms with Crippen LogP contribution in [-0.4, -0.2) is 51.1 Å². The average molecular weight is 453 g/mol. The Kier molecular flexibility index (Phi) is 10.5. The van der Waals surface area contributed by atoms with Gasteiger partial charge in [-0.3, -0.25) is 4.79 Å². The summed E-state index contributed by atoms with van der Waals surface area (Å²) in [7, 11) is 1.56. The van der Waals surface area contributed by atoms with Crippen LogP contribution in [0.15, 0.2) is 42.5 Å². The SMILES string of the molecule is COCc1cc(CC(O)/C=C/[C@@H]2[C@@H](C/C=C\CCCC(=O)O)[C@@H](Cl)C[C@H]2O)ccc1O. The molecule has 1 unspecified atom stereocenters. The Morgan fingerprint density at radius 1 is 1.35 bits per heavy atom. The van der Waals surface area contributed by atoms with Gasteiger partial charge in [0.25, 0.3) is 0 Å². The number of carbonyl (C=O) groups is 1. The quantitative estimate of drug-likeness (QED) is 0.218. The van der Waals surface area contributed by atoms with E-state index in [4.69, 9.17) is 21.4 Å². The molecular formula is C24H33ClO6. The van der Waals surface area contributed by atoms with Crippen molar-refractivity contribution >= 4 is 17.6 Å². The van der Waals surface area contributed by atoms with Crippen molar-refractivity contribution in [3.05, 3.63) is 53.6 Å². The number of halogens is 1. The molecular weight excluding hydrogens is 420 g/mol. The molecule has 0 radical (unpaired) electrons. The van der Waals surface area contributed by atoms with Crippen LogP contribution in [0.4, 0.5) is 0 Å². The Bertz CT molecular complexity index is 762. The van der Waals surface area contributed by atoms with E-state index >= 15 is 0 Å². The molecule has 4 N–H and O–H groups in total. The van der Waals surface area contributed by atoms with Gasteiger partial charge in [0.2, 0.25) is 0 Å². The maximum Gasteiger partial charge on any atom is 0.303 e. The van der Waals surface area contributed by atoms with Gasteiger partial charge in [0.1, 0.15) is 5.75 Å². The Labute approximate surface area is 188 Å². The van der Waals surface area contributed by atoms with E-state index in [9.17, 15) is 20.1 Å². The fourth-order valence-electron chi connectivity index (χ4n) is 4.01. The number of carboxylic acids is 1. The Morgan fingerprint density at radius 2 is 2.13 bits per heavy atom. The lowest BCUT2D eigenvalue weighted by molar-refractivity contribution is -0.137. The molecule has 1 saturated carbocycles. The first-order valence-corrected chi connectivity index (χ1v) is 11.1. The van der Waals surface area contributed by atoms with Crippen LogP contribution in [0.25, 0.3) is 0 Å². The van der Waals surface area contributed by atoms with Crippen molar-refractivity contribution in [3.63, 3.8) is 0 Å². The van der Waals surface area contributed by atoms with Crippen LogP contribution in [0.3, 0.4) is 0 Å². The maximum atomic E-state index is 10.6. The van der Waals surface area contributed by atoms with Gasteiger partial charge in [-0.2, -0.15) is 0 Å². The molecule has 0 amide bonds. The highest BCUT2D eigenvalue weighted by Crippen LogP contribution is 2.39. The standard InChI is InChI=1S/C24H33ClO6/c1-31-15-17-12-16(8-11-22(17)27)13-18(26)9-10-20-19(21(25)14-23(20)28)6-4-2-3-5-7-24(29)30/h2,4,8-12,18-21,23,26-28H,3,5-7,13-15H2,1H3,(H,29,30)/b4-2-,10-9+/t18?,19-,20-,21+,23-/m1/s1. The molecule has 0 heterocycles. The molecule has 0 saturated heterocycles. The Morgan fingerprint density at radius 3 is 2.84 bits per heavy atom. The summed E-state index contributed by atoms with van der Waals surface area (Å²) in [5, 5.41) is 39.2. The minimum Gasteiger partial charge on any atom is -0.508 e. The number of aliphatic hydroxyl groups excluding tert-OH is 2. The number of benzene rings is 1. The van der Waals surface area contributed by atoms with Crippen molar-refractivity contribution in [1.29, 1.82) is 0 Å². The van der Waals surface area contributed by atoms with Gasteiger partial charge in [0, 0.05) is 36.8 Å². The number of unbranched alkanes of at least 4 members (excludes halogenated alkanes) is 1. The van der Waals surface area contributed by atoms with Gasteiger partial charge in [0.15, 0.2) is 0 Å². The highest BCUT2D eigenvalue weighted by molar-refractivity contribution is 6.21. The fourth-order valence-corrected chi connectivity index (χ4v) is 4.46. The van der Waals surface area contributed by atoms with E-state index < -0.39 is 18.2 Å². The number of hydrogen-bond donors (Lipinski definition) is 4. The first-order chi connectivity index (χ1) is 14.8. The van der Waals surface area contributed by atoms with Crippen LogP contribution in [0.5, 0.6) is 5.75 Å². The molecule has 6 nitrogen and oxygen atoms in total. The number of aromatic hydroxyl groups is 1. The van der Waals surface area contributed by atoms with Gasteiger partial charge in [-0.05, 0) is 49.3 Å². The number of phenols is 1. The molecule has 1 aliphatic carbocycles. The number of carboxylic acid groups (broad SMARTS) is 1. The minimum atomic E-state index is -0.792. The molecule has 0 spiro atoms. The van der Waals surface area contributed by atoms with Crippen molar-refractivity contribution in [3.8, 4) is 5.75 Å². The largest absolute Gasteiger partial charge is 0.508 e. The van der Waals surface area contributed by atoms with Gasteiger partial charge in [-0.1, -0.05) is 30.4 Å². The zero-order valence-electron chi connectivity index (χ0n) is 17.9. The number of allylic oxidation sites excluding steroid dienone is 2. The Balaban J connectivity index is 1.92. The zero-order chi connectivity index (χ0) is 22.8. The smallest absolute Gasteiger partial charge is 0.303 e. The molecule has 7 heteroatoms. The van der Waals surface area contributed by atoms with E-state index in [1.807, 2.05) is 24.3 Å². The molecule has 2 rings (SSSR count). The molecule has 1 aromatic carbocycles. The first-order valence-electron chi connectivity index (χ1n) is 10.7. The second kappa shape index (κ2) is 12.9. The van der Waals surface area contributed by atoms with Gasteiger partial charge in [-0.25, -0.2) is 0 Å². The normalized spacial score (nSPS) is 24.9. The average Bonchev–Trinajstić information content (AvgIpc) is 2.98. The summed E-state index contributed by atoms with van der Waals surface area (Å²) in [6.07, 6.45) is 9.29. The topological polar surface area (TPSA) is 107 Å². The maximum absolute atomic E-state index is 10.6. The third-order valence-corrected chi connectivity index (χ3v) is 6.15. The summed E-state index contributed by atoms with van der Waals surface area (Å²) in [6, 6.07) is 5.17. The summed E-state index contributed by atoms with van der Waals surface area (Å²) in [6.45, 7) is 0.294. The predicted octanol–water partition coefficient (Wildman–Crippen LogP) is 3.80. The second-order valence-corrected chi connectivity index (χ2v) is 8.67. The predicted molar refractivity (Wildman–Crippen MR) is 120 cm³/mol. The third-order valence-electron chi connectivity index (χ3n) is 5.65. The van der Waals surface area contributed by atoms with Crippen molar-refractivity contribution in [2.75, 3.05) is 7.11 Å². The summed E-state index contributed by atoms with van der Waals surface area (Å²) >= 11 is 6.45. The van der Waals surface area contributed by atoms with Gasteiger partial charge in [-0.15, -0.1) is 11.6 Å². The van der Waals surface area contributed by atoms with E-state index in [-0.39, 0.29) is 29.4 Å². The van der Waals surface area contributed by atoms with Crippen molar-refractivity contribution < 1.29 is 30.0 Å². The minimum absolute atomic E-state index is 0.0535. The second-order valence-electron chi connectivity index (χ2n) is 8.11. The molecule has 0 bridgehead atoms. The molecule has 31 heavy (non-hydrogen) atoms. The molecule has 172 valence electrons. The lowest BCUT2D eigenvalue weighted by Gasteiger charge is -2.19. The van der Waals surface area contributed by atoms with Crippen LogP contribution in [0.2, 0.25) is 0 Å². The summed E-state index contributed by atoms with van der Waals surface area (Å²) in [5.41, 5.74) is 1.55. The summed E-state index contributed by atoms with van der Waals surface area (Å²) in [5.74, 6) is -0.724. The number of alkyl halides is 1. The summed E-state index contributed by atoms with van der Waals surface area (Å²) < 4.78 is 5.07. The fraction of sp³-hybridized carbons (Fsp3) is 0.542. The van der Waals surface area contributed by atoms with Crippen LogP contribution in [-0.2, 0) is 22.6 Å². The van der Waals surface area contributed by atoms with E-state index in [0.717, 1.165) is 5.56 Å². The lowest BCUT2D eigenvalue weighted by atomic mass is 9.90. The number of hydrogen-bond acceptors (Lipinski definition) is 5. The van der Waals surface area contributed by atoms with E-state index in [1.54, 1.807) is 25.3 Å². The molecule has 1 aromatic rings. The van der Waals surface area contributed by atoms with Crippen molar-refractivity contribution in [1.82, 2.24) is 0 Å². The van der Waals surface area contributed by atoms with E-state index in [2.05, 4.69) is 0 Å². The lowest BCUT2D eigenvalue weighted by Crippen LogP contribution is -2.19. The van der Waals surface area contributed by atoms with Crippen LogP contribution in [0, 0.1) is 11.8 Å². The summed E-state index contributed by atoms with van der Waals surface area (Å²) in [4.78, 5) is 10.6. The number of aliphatic carboxylic acids is 1. The molecule has 0 aliphatic heterocycles. The number of phenolic OH excluding ortho intramolecular Hbond substituents is 1. The van der Waals surface area contributed by atoms with E-state index in [1.165, 1.54) is 0 Å². The third kappa shape index (κ3) is 8.30. The number of aliphatic hydroxyl groups is 2. The van der Waals surface area contributed by atoms with Gasteiger partial charge < -0.3 is 25.2 Å². The van der Waals surface area contributed by atoms with Crippen LogP contribution in [0.1, 0.15) is 43.2 Å². The highest BCUT2D eigenvalue weighted by atomic mass is 35.5. The highest BCUT2D eigenvalue weighted by Gasteiger charge is 2.39. The number of methoxy groups -OCH3 is 1. The molecule has 5 atom stereocenters. The zero-order valence-corrected chi connectivity index (χ0v) is 18.6. The Hall–Kier alpha value is -1.86. The monoisotopic (exact) mass is 452 g/mol. The number of rotatable bonds is 12. The molecule has 1 aliphatic rings. The van der Waals surface area contributed by atoms with E-state index in [0.29, 0.717) is 44.3 Å². The number of ether oxygens (including phenoxy) is 1. The van der Waals surface area contributed by atoms with Crippen molar-refractivity contribution in [2.24, 2.45) is 11.8 Å². The molecule has 1 fully saturated rings. The van der Waals surface area contributed by atoms with Gasteiger partial charge in [0.05, 0.1) is 18.8 Å².